The van der Waals surface area contributed by atoms with Gasteiger partial charge in [-0.1, -0.05) is 48.0 Å². The summed E-state index contributed by atoms with van der Waals surface area (Å²) in [5.74, 6) is -0.113. The number of nitrogen functional groups attached to an aromatic ring is 1. The number of ketones is 1. The molecule has 0 saturated heterocycles. The van der Waals surface area contributed by atoms with Crippen LogP contribution in [0.25, 0.3) is 33.8 Å². The van der Waals surface area contributed by atoms with Gasteiger partial charge in [-0.15, -0.1) is 0 Å². The monoisotopic (exact) mass is 889 g/mol. The van der Waals surface area contributed by atoms with Crippen LogP contribution in [0.1, 0.15) is 97.1 Å². The van der Waals surface area contributed by atoms with Gasteiger partial charge in [-0.2, -0.15) is 10.2 Å². The molecule has 3 aliphatic carbocycles. The number of fused-ring (bicyclic) bond motifs is 2. The van der Waals surface area contributed by atoms with Gasteiger partial charge in [0.1, 0.15) is 34.8 Å². The van der Waals surface area contributed by atoms with Crippen LogP contribution in [-0.4, -0.2) is 57.8 Å². The molecule has 0 unspecified atom stereocenters. The number of halogens is 4. The van der Waals surface area contributed by atoms with Gasteiger partial charge in [-0.05, 0) is 81.8 Å². The van der Waals surface area contributed by atoms with Gasteiger partial charge in [0.2, 0.25) is 0 Å². The molecule has 13 nitrogen and oxygen atoms in total. The van der Waals surface area contributed by atoms with Crippen LogP contribution in [0.15, 0.2) is 108 Å². The van der Waals surface area contributed by atoms with E-state index in [1.165, 1.54) is 72.3 Å². The van der Waals surface area contributed by atoms with E-state index in [-0.39, 0.29) is 29.4 Å². The Kier molecular flexibility index (Phi) is 13.0. The number of nitrogens with two attached hydrogens (primary N) is 1. The maximum atomic E-state index is 13.8. The van der Waals surface area contributed by atoms with Gasteiger partial charge in [0.15, 0.2) is 17.1 Å². The minimum Gasteiger partial charge on any atom is -0.466 e. The summed E-state index contributed by atoms with van der Waals surface area (Å²) in [7, 11) is 0. The molecule has 5 heterocycles. The van der Waals surface area contributed by atoms with Crippen LogP contribution in [-0.2, 0) is 9.53 Å². The van der Waals surface area contributed by atoms with Crippen molar-refractivity contribution in [2.75, 3.05) is 12.3 Å². The van der Waals surface area contributed by atoms with Crippen molar-refractivity contribution in [2.24, 2.45) is 0 Å². The third-order valence-corrected chi connectivity index (χ3v) is 10.9. The number of esters is 1. The Hall–Kier alpha value is -7.07. The van der Waals surface area contributed by atoms with Gasteiger partial charge < -0.3 is 10.5 Å². The lowest BCUT2D eigenvalue weighted by molar-refractivity contribution is -0.141. The first kappa shape index (κ1) is 43.6. The summed E-state index contributed by atoms with van der Waals surface area (Å²) >= 11 is 6.24. The third kappa shape index (κ3) is 10.6. The van der Waals surface area contributed by atoms with E-state index in [2.05, 4.69) is 35.1 Å². The first-order valence-electron chi connectivity index (χ1n) is 20.9. The molecule has 3 saturated carbocycles. The maximum absolute atomic E-state index is 13.8. The van der Waals surface area contributed by atoms with E-state index in [1.54, 1.807) is 60.0 Å². The van der Waals surface area contributed by atoms with E-state index in [4.69, 9.17) is 17.3 Å². The fraction of sp³-hybridized carbons (Fsp3) is 0.255. The first-order chi connectivity index (χ1) is 30.9. The third-order valence-electron chi connectivity index (χ3n) is 10.6. The lowest BCUT2D eigenvalue weighted by Crippen LogP contribution is -2.14. The summed E-state index contributed by atoms with van der Waals surface area (Å²) in [6, 6.07) is 27.2. The Labute approximate surface area is 369 Å². The molecule has 0 atom stereocenters. The second-order valence-electron chi connectivity index (χ2n) is 15.6. The molecule has 3 aromatic carbocycles. The Morgan fingerprint density at radius 3 is 1.91 bits per heavy atom. The first-order valence-corrected chi connectivity index (χ1v) is 21.3. The van der Waals surface area contributed by atoms with Crippen molar-refractivity contribution < 1.29 is 27.5 Å². The summed E-state index contributed by atoms with van der Waals surface area (Å²) in [6.45, 7) is 1.86. The van der Waals surface area contributed by atoms with E-state index in [1.807, 2.05) is 18.2 Å². The Morgan fingerprint density at radius 2 is 1.33 bits per heavy atom. The van der Waals surface area contributed by atoms with Crippen molar-refractivity contribution in [1.29, 1.82) is 0 Å². The predicted octanol–water partition coefficient (Wildman–Crippen LogP) is 9.60. The Bertz CT molecular complexity index is 3020. The van der Waals surface area contributed by atoms with Crippen molar-refractivity contribution in [3.05, 3.63) is 159 Å². The van der Waals surface area contributed by atoms with Crippen LogP contribution in [0.5, 0.6) is 0 Å². The van der Waals surface area contributed by atoms with Crippen molar-refractivity contribution >= 4 is 40.5 Å². The number of carbonyl (C=O) groups excluding carboxylic acids is 2. The average Bonchev–Trinajstić information content (AvgIpc) is 4.23. The molecule has 328 valence electrons. The Balaban J connectivity index is 0.000000121. The van der Waals surface area contributed by atoms with Crippen molar-refractivity contribution in [1.82, 2.24) is 39.4 Å². The summed E-state index contributed by atoms with van der Waals surface area (Å²) in [6.07, 6.45) is 6.78. The van der Waals surface area contributed by atoms with Gasteiger partial charge in [0.05, 0.1) is 29.3 Å². The largest absolute Gasteiger partial charge is 0.466 e. The highest BCUT2D eigenvalue weighted by atomic mass is 35.5. The van der Waals surface area contributed by atoms with E-state index >= 15 is 0 Å². The van der Waals surface area contributed by atoms with Crippen LogP contribution in [0.3, 0.4) is 0 Å². The van der Waals surface area contributed by atoms with Crippen LogP contribution in [0.4, 0.5) is 19.0 Å². The fourth-order valence-corrected chi connectivity index (χ4v) is 7.07. The van der Waals surface area contributed by atoms with Crippen LogP contribution in [0, 0.1) is 17.5 Å². The highest BCUT2D eigenvalue weighted by Gasteiger charge is 2.28. The minimum absolute atomic E-state index is 0.0782. The quantitative estimate of drug-likeness (QED) is 0.0551. The summed E-state index contributed by atoms with van der Waals surface area (Å²) < 4.78 is 48.4. The van der Waals surface area contributed by atoms with Crippen molar-refractivity contribution in [3.63, 3.8) is 0 Å². The molecule has 64 heavy (non-hydrogen) atoms. The van der Waals surface area contributed by atoms with Gasteiger partial charge in [-0.3, -0.25) is 24.6 Å². The molecule has 3 fully saturated rings. The molecular formula is C47H43ClF3N9O4. The number of nitrogens with one attached hydrogen (secondary N) is 2. The number of nitrogens with zero attached hydrogens (tertiary/aromatic N) is 6. The number of hydrogen-bond acceptors (Lipinski definition) is 9. The molecule has 17 heteroatoms. The molecule has 0 amide bonds. The van der Waals surface area contributed by atoms with E-state index < -0.39 is 24.0 Å². The SMILES string of the molecule is CCOC(=O)CC(=O)c1ccccc1F.Fc1ccccc1-c1cc(Cl)n2nc(C3CC3)cc2n1.Nc1cc(C2CC2)[nH]n1.O=c1cc(-c2ccccc2F)nc2cc(C3CC3)[nH]n12. The molecule has 0 bridgehead atoms. The molecule has 0 radical (unpaired) electrons. The highest BCUT2D eigenvalue weighted by molar-refractivity contribution is 6.30. The Morgan fingerprint density at radius 1 is 0.750 bits per heavy atom. The van der Waals surface area contributed by atoms with Crippen LogP contribution >= 0.6 is 11.6 Å². The van der Waals surface area contributed by atoms with Crippen molar-refractivity contribution in [2.45, 2.75) is 69.6 Å². The van der Waals surface area contributed by atoms with Gasteiger partial charge in [-0.25, -0.2) is 32.2 Å². The molecule has 3 aliphatic rings. The molecular weight excluding hydrogens is 847 g/mol. The van der Waals surface area contributed by atoms with Gasteiger partial charge >= 0.3 is 5.97 Å². The number of carbonyl (C=O) groups is 2. The lowest BCUT2D eigenvalue weighted by Gasteiger charge is -2.04. The van der Waals surface area contributed by atoms with Crippen LogP contribution < -0.4 is 11.3 Å². The maximum Gasteiger partial charge on any atom is 0.313 e. The highest BCUT2D eigenvalue weighted by Crippen LogP contribution is 2.41. The fourth-order valence-electron chi connectivity index (χ4n) is 6.84. The number of benzene rings is 3. The van der Waals surface area contributed by atoms with Gasteiger partial charge in [0, 0.05) is 70.6 Å². The zero-order valence-corrected chi connectivity index (χ0v) is 35.4. The average molecular weight is 890 g/mol. The standard InChI is InChI=1S/C15H11ClFN3.C15H12FN3O.C11H11FO3.C6H9N3/c16-14-7-13(10-3-1-2-4-11(10)17)18-15-8-12(9-5-6-9)19-20(14)15;16-11-4-2-1-3-10(11)13-8-15(20)19-14(17-13)7-12(18-19)9-5-6-9;1-2-15-11(14)7-10(13)8-5-3-4-6-9(8)12;7-6-3-5(8-9-6)4-1-2-4/h1-4,7-9H,5-6H2;1-4,7-9,18H,5-6H2;3-6H,2,7H2,1H3;3-4H,1-2H2,(H3,7,8,9). The van der Waals surface area contributed by atoms with E-state index in [0.717, 1.165) is 30.1 Å². The van der Waals surface area contributed by atoms with E-state index in [0.29, 0.717) is 56.6 Å². The predicted molar refractivity (Wildman–Crippen MR) is 236 cm³/mol. The number of aromatic nitrogens is 8. The summed E-state index contributed by atoms with van der Waals surface area (Å²) in [5.41, 5.74) is 11.3. The second kappa shape index (κ2) is 19.1. The number of ether oxygens (including phenoxy) is 1. The van der Waals surface area contributed by atoms with Crippen LogP contribution in [0.2, 0.25) is 5.15 Å². The minimum atomic E-state index is -0.634. The molecule has 8 aromatic rings. The number of H-pyrrole nitrogens is 2. The smallest absolute Gasteiger partial charge is 0.313 e. The summed E-state index contributed by atoms with van der Waals surface area (Å²) in [5, 5.41) is 14.7. The van der Waals surface area contributed by atoms with Gasteiger partial charge in [0.25, 0.3) is 5.56 Å². The zero-order valence-electron chi connectivity index (χ0n) is 34.6. The number of aromatic amines is 2. The topological polar surface area (TPSA) is 178 Å². The summed E-state index contributed by atoms with van der Waals surface area (Å²) in [4.78, 5) is 43.4. The number of Topliss-reactive ketones (excluding diaryl/α,β-unsaturated/α-hetero) is 1. The molecule has 4 N–H and O–H groups in total. The zero-order chi connectivity index (χ0) is 44.9. The van der Waals surface area contributed by atoms with E-state index in [9.17, 15) is 27.6 Å². The number of rotatable bonds is 9. The number of anilines is 1. The molecule has 11 rings (SSSR count). The molecule has 0 spiro atoms. The normalized spacial score (nSPS) is 14.1. The second-order valence-corrected chi connectivity index (χ2v) is 16.0. The molecule has 0 aliphatic heterocycles. The van der Waals surface area contributed by atoms with Crippen molar-refractivity contribution in [3.8, 4) is 22.5 Å². The molecule has 5 aromatic heterocycles. The lowest BCUT2D eigenvalue weighted by atomic mass is 10.1. The number of hydrogen-bond donors (Lipinski definition) is 3.